The highest BCUT2D eigenvalue weighted by Crippen LogP contribution is 2.17. The SMILES string of the molecule is CN=C(NCCCN1CCN(C(=O)OC(C)(C)C)CC1)NC1CCCCC1. The molecule has 1 heterocycles. The first-order chi connectivity index (χ1) is 12.9. The third-order valence-electron chi connectivity index (χ3n) is 5.14. The van der Waals surface area contributed by atoms with Gasteiger partial charge in [-0.25, -0.2) is 4.79 Å². The van der Waals surface area contributed by atoms with Crippen molar-refractivity contribution in [1.29, 1.82) is 0 Å². The van der Waals surface area contributed by atoms with Gasteiger partial charge < -0.3 is 20.3 Å². The van der Waals surface area contributed by atoms with Gasteiger partial charge in [-0.3, -0.25) is 9.89 Å². The Morgan fingerprint density at radius 1 is 1.11 bits per heavy atom. The van der Waals surface area contributed by atoms with Crippen LogP contribution in [0.15, 0.2) is 4.99 Å². The highest BCUT2D eigenvalue weighted by molar-refractivity contribution is 5.79. The lowest BCUT2D eigenvalue weighted by Gasteiger charge is -2.35. The predicted molar refractivity (Wildman–Crippen MR) is 110 cm³/mol. The van der Waals surface area contributed by atoms with Crippen molar-refractivity contribution in [2.75, 3.05) is 46.3 Å². The quantitative estimate of drug-likeness (QED) is 0.435. The molecule has 0 aromatic heterocycles. The average molecular weight is 382 g/mol. The lowest BCUT2D eigenvalue weighted by Crippen LogP contribution is -2.50. The van der Waals surface area contributed by atoms with Gasteiger partial charge >= 0.3 is 6.09 Å². The highest BCUT2D eigenvalue weighted by atomic mass is 16.6. The maximum absolute atomic E-state index is 12.1. The molecule has 7 nitrogen and oxygen atoms in total. The molecule has 1 saturated carbocycles. The van der Waals surface area contributed by atoms with Crippen LogP contribution < -0.4 is 10.6 Å². The molecule has 0 spiro atoms. The second kappa shape index (κ2) is 10.7. The first-order valence-corrected chi connectivity index (χ1v) is 10.5. The van der Waals surface area contributed by atoms with E-state index in [2.05, 4.69) is 20.5 Å². The molecule has 0 aromatic rings. The third-order valence-corrected chi connectivity index (χ3v) is 5.14. The molecule has 1 amide bonds. The molecule has 0 unspecified atom stereocenters. The number of ether oxygens (including phenoxy) is 1. The molecule has 2 rings (SSSR count). The minimum absolute atomic E-state index is 0.193. The lowest BCUT2D eigenvalue weighted by atomic mass is 9.96. The first-order valence-electron chi connectivity index (χ1n) is 10.5. The highest BCUT2D eigenvalue weighted by Gasteiger charge is 2.25. The van der Waals surface area contributed by atoms with Gasteiger partial charge in [0.05, 0.1) is 0 Å². The van der Waals surface area contributed by atoms with E-state index in [1.54, 1.807) is 0 Å². The van der Waals surface area contributed by atoms with E-state index in [9.17, 15) is 4.79 Å². The van der Waals surface area contributed by atoms with Crippen LogP contribution in [0.2, 0.25) is 0 Å². The Bertz CT molecular complexity index is 475. The van der Waals surface area contributed by atoms with Gasteiger partial charge in [0.15, 0.2) is 5.96 Å². The molecule has 1 saturated heterocycles. The van der Waals surface area contributed by atoms with Gasteiger partial charge in [0.2, 0.25) is 0 Å². The number of nitrogens with zero attached hydrogens (tertiary/aromatic N) is 3. The summed E-state index contributed by atoms with van der Waals surface area (Å²) < 4.78 is 5.45. The summed E-state index contributed by atoms with van der Waals surface area (Å²) in [6.45, 7) is 11.0. The fraction of sp³-hybridized carbons (Fsp3) is 0.900. The van der Waals surface area contributed by atoms with Crippen LogP contribution in [-0.4, -0.2) is 79.8 Å². The van der Waals surface area contributed by atoms with Crippen LogP contribution in [0.5, 0.6) is 0 Å². The van der Waals surface area contributed by atoms with Crippen LogP contribution in [-0.2, 0) is 4.74 Å². The number of nitrogens with one attached hydrogen (secondary N) is 2. The molecule has 2 fully saturated rings. The van der Waals surface area contributed by atoms with Gasteiger partial charge in [-0.05, 0) is 46.6 Å². The summed E-state index contributed by atoms with van der Waals surface area (Å²) in [7, 11) is 1.84. The summed E-state index contributed by atoms with van der Waals surface area (Å²) in [5, 5.41) is 6.98. The number of amides is 1. The second-order valence-corrected chi connectivity index (χ2v) is 8.64. The van der Waals surface area contributed by atoms with Gasteiger partial charge in [-0.15, -0.1) is 0 Å². The minimum Gasteiger partial charge on any atom is -0.444 e. The molecule has 0 atom stereocenters. The standard InChI is InChI=1S/C20H39N5O2/c1-20(2,3)27-19(26)25-15-13-24(14-16-25)12-8-11-22-18(21-4)23-17-9-6-5-7-10-17/h17H,5-16H2,1-4H3,(H2,21,22,23). The molecule has 156 valence electrons. The number of rotatable bonds is 5. The summed E-state index contributed by atoms with van der Waals surface area (Å²) in [6, 6.07) is 0.575. The average Bonchev–Trinajstić information content (AvgIpc) is 2.64. The Hall–Kier alpha value is -1.50. The van der Waals surface area contributed by atoms with Gasteiger partial charge in [0.25, 0.3) is 0 Å². The predicted octanol–water partition coefficient (Wildman–Crippen LogP) is 2.43. The van der Waals surface area contributed by atoms with Gasteiger partial charge in [-0.2, -0.15) is 0 Å². The maximum Gasteiger partial charge on any atom is 0.410 e. The maximum atomic E-state index is 12.1. The lowest BCUT2D eigenvalue weighted by molar-refractivity contribution is 0.0145. The van der Waals surface area contributed by atoms with Crippen LogP contribution in [0.4, 0.5) is 4.79 Å². The summed E-state index contributed by atoms with van der Waals surface area (Å²) in [6.07, 6.45) is 7.39. The fourth-order valence-corrected chi connectivity index (χ4v) is 3.62. The molecular weight excluding hydrogens is 342 g/mol. The molecule has 2 N–H and O–H groups in total. The number of hydrogen-bond acceptors (Lipinski definition) is 4. The summed E-state index contributed by atoms with van der Waals surface area (Å²) in [5.41, 5.74) is -0.427. The number of guanidine groups is 1. The Morgan fingerprint density at radius 3 is 2.37 bits per heavy atom. The Kier molecular flexibility index (Phi) is 8.67. The van der Waals surface area contributed by atoms with E-state index in [4.69, 9.17) is 4.74 Å². The fourth-order valence-electron chi connectivity index (χ4n) is 3.62. The van der Waals surface area contributed by atoms with E-state index in [1.807, 2.05) is 32.7 Å². The molecular formula is C20H39N5O2. The molecule has 1 aliphatic heterocycles. The van der Waals surface area contributed by atoms with E-state index in [1.165, 1.54) is 32.1 Å². The zero-order valence-corrected chi connectivity index (χ0v) is 17.7. The first kappa shape index (κ1) is 21.8. The normalized spacial score (nSPS) is 20.4. The summed E-state index contributed by atoms with van der Waals surface area (Å²) in [4.78, 5) is 20.7. The Morgan fingerprint density at radius 2 is 1.78 bits per heavy atom. The minimum atomic E-state index is -0.427. The smallest absolute Gasteiger partial charge is 0.410 e. The van der Waals surface area contributed by atoms with Gasteiger partial charge in [-0.1, -0.05) is 19.3 Å². The number of carbonyl (C=O) groups is 1. The molecule has 0 aromatic carbocycles. The van der Waals surface area contributed by atoms with Crippen LogP contribution in [0.25, 0.3) is 0 Å². The third kappa shape index (κ3) is 8.37. The van der Waals surface area contributed by atoms with Crippen molar-refractivity contribution in [3.63, 3.8) is 0 Å². The molecule has 2 aliphatic rings. The molecule has 0 bridgehead atoms. The van der Waals surface area contributed by atoms with Crippen LogP contribution in [0, 0.1) is 0 Å². The van der Waals surface area contributed by atoms with E-state index >= 15 is 0 Å². The van der Waals surface area contributed by atoms with Crippen molar-refractivity contribution in [1.82, 2.24) is 20.4 Å². The van der Waals surface area contributed by atoms with Crippen LogP contribution in [0.1, 0.15) is 59.3 Å². The van der Waals surface area contributed by atoms with E-state index in [0.29, 0.717) is 6.04 Å². The molecule has 1 aliphatic carbocycles. The van der Waals surface area contributed by atoms with E-state index < -0.39 is 5.60 Å². The van der Waals surface area contributed by atoms with E-state index in [0.717, 1.165) is 51.6 Å². The summed E-state index contributed by atoms with van der Waals surface area (Å²) >= 11 is 0. The van der Waals surface area contributed by atoms with E-state index in [-0.39, 0.29) is 6.09 Å². The van der Waals surface area contributed by atoms with Crippen molar-refractivity contribution < 1.29 is 9.53 Å². The van der Waals surface area contributed by atoms with Crippen LogP contribution >= 0.6 is 0 Å². The number of hydrogen-bond donors (Lipinski definition) is 2. The molecule has 27 heavy (non-hydrogen) atoms. The summed E-state index contributed by atoms with van der Waals surface area (Å²) in [5.74, 6) is 0.927. The monoisotopic (exact) mass is 381 g/mol. The number of aliphatic imine (C=N–C) groups is 1. The Labute approximate surface area is 164 Å². The second-order valence-electron chi connectivity index (χ2n) is 8.64. The van der Waals surface area contributed by atoms with Crippen molar-refractivity contribution in [3.8, 4) is 0 Å². The molecule has 0 radical (unpaired) electrons. The van der Waals surface area contributed by atoms with Crippen molar-refractivity contribution >= 4 is 12.1 Å². The van der Waals surface area contributed by atoms with Crippen molar-refractivity contribution in [2.45, 2.75) is 70.9 Å². The van der Waals surface area contributed by atoms with Gasteiger partial charge in [0.1, 0.15) is 5.60 Å². The Balaban J connectivity index is 1.58. The van der Waals surface area contributed by atoms with Crippen LogP contribution in [0.3, 0.4) is 0 Å². The zero-order valence-electron chi connectivity index (χ0n) is 17.7. The van der Waals surface area contributed by atoms with Crippen molar-refractivity contribution in [2.24, 2.45) is 4.99 Å². The molecule has 7 heteroatoms. The van der Waals surface area contributed by atoms with Crippen molar-refractivity contribution in [3.05, 3.63) is 0 Å². The zero-order chi connectivity index (χ0) is 19.7. The number of piperazine rings is 1. The topological polar surface area (TPSA) is 69.2 Å². The number of carbonyl (C=O) groups excluding carboxylic acids is 1. The largest absolute Gasteiger partial charge is 0.444 e. The van der Waals surface area contributed by atoms with Gasteiger partial charge in [0, 0.05) is 45.8 Å².